The summed E-state index contributed by atoms with van der Waals surface area (Å²) in [6.45, 7) is 3.83. The van der Waals surface area contributed by atoms with Gasteiger partial charge in [0.05, 0.1) is 22.5 Å². The van der Waals surface area contributed by atoms with Gasteiger partial charge in [0.15, 0.2) is 11.6 Å². The number of allylic oxidation sites excluding steroid dienone is 1. The summed E-state index contributed by atoms with van der Waals surface area (Å²) >= 11 is 0. The number of rotatable bonds is 9. The molecule has 0 aliphatic carbocycles. The van der Waals surface area contributed by atoms with Gasteiger partial charge in [-0.25, -0.2) is 0 Å². The molecular formula is C25H21NO5. The Bertz CT molecular complexity index is 1110. The highest BCUT2D eigenvalue weighted by molar-refractivity contribution is 6.09. The van der Waals surface area contributed by atoms with Crippen molar-refractivity contribution in [3.63, 3.8) is 0 Å². The smallest absolute Gasteiger partial charge is 0.275 e. The summed E-state index contributed by atoms with van der Waals surface area (Å²) in [6.07, 6.45) is -1.64. The van der Waals surface area contributed by atoms with Crippen molar-refractivity contribution in [2.75, 3.05) is 0 Å². The largest absolute Gasteiger partial charge is 0.387 e. The van der Waals surface area contributed by atoms with Crippen molar-refractivity contribution >= 4 is 17.3 Å². The van der Waals surface area contributed by atoms with Crippen LogP contribution in [0.15, 0.2) is 97.1 Å². The molecule has 2 atom stereocenters. The minimum absolute atomic E-state index is 0.0155. The Morgan fingerprint density at radius 1 is 0.871 bits per heavy atom. The van der Waals surface area contributed by atoms with Crippen LogP contribution in [-0.4, -0.2) is 21.6 Å². The Morgan fingerprint density at radius 3 is 1.97 bits per heavy atom. The van der Waals surface area contributed by atoms with Gasteiger partial charge in [-0.2, -0.15) is 0 Å². The molecule has 0 saturated carbocycles. The zero-order valence-electron chi connectivity index (χ0n) is 16.7. The van der Waals surface area contributed by atoms with Gasteiger partial charge >= 0.3 is 0 Å². The van der Waals surface area contributed by atoms with Gasteiger partial charge < -0.3 is 5.11 Å². The van der Waals surface area contributed by atoms with E-state index in [0.29, 0.717) is 11.1 Å². The number of nitro benzene ring substituents is 1. The van der Waals surface area contributed by atoms with Crippen molar-refractivity contribution in [1.29, 1.82) is 0 Å². The molecule has 0 heterocycles. The second-order valence-electron chi connectivity index (χ2n) is 7.10. The second-order valence-corrected chi connectivity index (χ2v) is 7.10. The molecule has 0 spiro atoms. The van der Waals surface area contributed by atoms with E-state index in [0.717, 1.165) is 0 Å². The summed E-state index contributed by atoms with van der Waals surface area (Å²) in [5, 5.41) is 22.5. The highest BCUT2D eigenvalue weighted by Gasteiger charge is 2.34. The Morgan fingerprint density at radius 2 is 1.39 bits per heavy atom. The molecule has 0 radical (unpaired) electrons. The number of para-hydroxylation sites is 1. The number of aliphatic hydroxyl groups is 1. The van der Waals surface area contributed by atoms with E-state index in [2.05, 4.69) is 6.58 Å². The number of carbonyl (C=O) groups is 2. The van der Waals surface area contributed by atoms with E-state index < -0.39 is 22.7 Å². The molecule has 3 aromatic rings. The van der Waals surface area contributed by atoms with Crippen LogP contribution in [0.4, 0.5) is 5.69 Å². The molecule has 3 aromatic carbocycles. The molecule has 0 bridgehead atoms. The number of aliphatic hydroxyl groups excluding tert-OH is 1. The molecule has 3 rings (SSSR count). The lowest BCUT2D eigenvalue weighted by molar-refractivity contribution is -0.386. The third-order valence-corrected chi connectivity index (χ3v) is 5.05. The van der Waals surface area contributed by atoms with Crippen molar-refractivity contribution in [2.24, 2.45) is 5.92 Å². The maximum atomic E-state index is 13.3. The average Bonchev–Trinajstić information content (AvgIpc) is 2.82. The van der Waals surface area contributed by atoms with Gasteiger partial charge in [-0.15, -0.1) is 0 Å². The highest BCUT2D eigenvalue weighted by Crippen LogP contribution is 2.35. The minimum Gasteiger partial charge on any atom is -0.387 e. The lowest BCUT2D eigenvalue weighted by Crippen LogP contribution is -2.25. The lowest BCUT2D eigenvalue weighted by Gasteiger charge is -2.23. The van der Waals surface area contributed by atoms with Gasteiger partial charge in [0, 0.05) is 17.2 Å². The van der Waals surface area contributed by atoms with Crippen molar-refractivity contribution in [3.8, 4) is 0 Å². The maximum Gasteiger partial charge on any atom is 0.275 e. The Labute approximate surface area is 179 Å². The molecule has 6 heteroatoms. The maximum absolute atomic E-state index is 13.3. The van der Waals surface area contributed by atoms with Crippen LogP contribution in [0.25, 0.3) is 0 Å². The van der Waals surface area contributed by atoms with Crippen LogP contribution in [-0.2, 0) is 0 Å². The van der Waals surface area contributed by atoms with Crippen LogP contribution in [0.2, 0.25) is 0 Å². The summed E-state index contributed by atoms with van der Waals surface area (Å²) < 4.78 is 0. The Hall–Kier alpha value is -3.90. The summed E-state index contributed by atoms with van der Waals surface area (Å²) in [7, 11) is 0. The number of hydrogen-bond donors (Lipinski definition) is 1. The summed E-state index contributed by atoms with van der Waals surface area (Å²) in [5.74, 6) is -1.89. The highest BCUT2D eigenvalue weighted by atomic mass is 16.6. The number of nitro groups is 1. The number of benzene rings is 3. The van der Waals surface area contributed by atoms with Gasteiger partial charge in [0.2, 0.25) is 0 Å². The summed E-state index contributed by atoms with van der Waals surface area (Å²) in [6, 6.07) is 22.5. The zero-order valence-corrected chi connectivity index (χ0v) is 16.7. The minimum atomic E-state index is -1.49. The first-order valence-corrected chi connectivity index (χ1v) is 9.68. The molecule has 0 aliphatic heterocycles. The number of nitrogens with zero attached hydrogens (tertiary/aromatic N) is 1. The van der Waals surface area contributed by atoms with Gasteiger partial charge in [-0.3, -0.25) is 19.7 Å². The molecule has 0 aliphatic rings. The van der Waals surface area contributed by atoms with Crippen molar-refractivity contribution in [3.05, 3.63) is 124 Å². The third kappa shape index (κ3) is 4.99. The summed E-state index contributed by atoms with van der Waals surface area (Å²) in [5.41, 5.74) is 0.615. The first-order chi connectivity index (χ1) is 14.9. The predicted molar refractivity (Wildman–Crippen MR) is 117 cm³/mol. The van der Waals surface area contributed by atoms with Crippen LogP contribution >= 0.6 is 0 Å². The zero-order chi connectivity index (χ0) is 22.4. The van der Waals surface area contributed by atoms with Crippen molar-refractivity contribution in [1.82, 2.24) is 0 Å². The second kappa shape index (κ2) is 9.73. The van der Waals surface area contributed by atoms with Crippen molar-refractivity contribution in [2.45, 2.75) is 12.5 Å². The molecule has 2 unspecified atom stereocenters. The standard InChI is InChI=1S/C25H21NO5/c1-17(23(27)18-10-4-2-5-11-18)16-21(24(28)19-12-6-3-7-13-19)25(29)20-14-8-9-15-22(20)26(30)31/h2-15,21,25,29H,1,16H2. The van der Waals surface area contributed by atoms with Crippen LogP contribution in [0, 0.1) is 16.0 Å². The van der Waals surface area contributed by atoms with Crippen LogP contribution in [0.5, 0.6) is 0 Å². The molecular weight excluding hydrogens is 394 g/mol. The number of Topliss-reactive ketones (excluding diaryl/α,β-unsaturated/α-hetero) is 2. The fourth-order valence-electron chi connectivity index (χ4n) is 3.44. The Balaban J connectivity index is 1.97. The molecule has 156 valence electrons. The van der Waals surface area contributed by atoms with E-state index in [9.17, 15) is 24.8 Å². The van der Waals surface area contributed by atoms with Crippen LogP contribution in [0.3, 0.4) is 0 Å². The number of ketones is 2. The summed E-state index contributed by atoms with van der Waals surface area (Å²) in [4.78, 5) is 36.9. The molecule has 31 heavy (non-hydrogen) atoms. The average molecular weight is 415 g/mol. The predicted octanol–water partition coefficient (Wildman–Crippen LogP) is 4.96. The van der Waals surface area contributed by atoms with E-state index in [4.69, 9.17) is 0 Å². The van der Waals surface area contributed by atoms with Crippen molar-refractivity contribution < 1.29 is 19.6 Å². The first kappa shape index (κ1) is 21.8. The SMILES string of the molecule is C=C(CC(C(=O)c1ccccc1)C(O)c1ccccc1[N+](=O)[O-])C(=O)c1ccccc1. The van der Waals surface area contributed by atoms with E-state index >= 15 is 0 Å². The van der Waals surface area contributed by atoms with Gasteiger partial charge in [-0.1, -0.05) is 79.4 Å². The van der Waals surface area contributed by atoms with Crippen LogP contribution < -0.4 is 0 Å². The van der Waals surface area contributed by atoms with Gasteiger partial charge in [0.1, 0.15) is 0 Å². The topological polar surface area (TPSA) is 97.5 Å². The lowest BCUT2D eigenvalue weighted by atomic mass is 9.82. The quantitative estimate of drug-likeness (QED) is 0.231. The molecule has 0 saturated heterocycles. The van der Waals surface area contributed by atoms with Gasteiger partial charge in [0.25, 0.3) is 5.69 Å². The fraction of sp³-hybridized carbons (Fsp3) is 0.120. The number of hydrogen-bond acceptors (Lipinski definition) is 5. The Kier molecular flexibility index (Phi) is 6.85. The van der Waals surface area contributed by atoms with E-state index in [1.807, 2.05) is 0 Å². The monoisotopic (exact) mass is 415 g/mol. The normalized spacial score (nSPS) is 12.5. The van der Waals surface area contributed by atoms with E-state index in [1.165, 1.54) is 18.2 Å². The first-order valence-electron chi connectivity index (χ1n) is 9.68. The molecule has 0 fully saturated rings. The van der Waals surface area contributed by atoms with Crippen LogP contribution in [0.1, 0.15) is 38.8 Å². The van der Waals surface area contributed by atoms with Gasteiger partial charge in [-0.05, 0) is 18.1 Å². The molecule has 1 N–H and O–H groups in total. The third-order valence-electron chi connectivity index (χ3n) is 5.05. The molecule has 6 nitrogen and oxygen atoms in total. The molecule has 0 amide bonds. The van der Waals surface area contributed by atoms with E-state index in [1.54, 1.807) is 66.7 Å². The molecule has 0 aromatic heterocycles. The number of carbonyl (C=O) groups excluding carboxylic acids is 2. The fourth-order valence-corrected chi connectivity index (χ4v) is 3.44. The van der Waals surface area contributed by atoms with E-state index in [-0.39, 0.29) is 29.0 Å².